The summed E-state index contributed by atoms with van der Waals surface area (Å²) in [5, 5.41) is 4.81. The van der Waals surface area contributed by atoms with E-state index >= 15 is 0 Å². The largest absolute Gasteiger partial charge is 0.341 e. The summed E-state index contributed by atoms with van der Waals surface area (Å²) >= 11 is 0. The van der Waals surface area contributed by atoms with Crippen molar-refractivity contribution >= 4 is 49.9 Å². The summed E-state index contributed by atoms with van der Waals surface area (Å²) in [5.74, 6) is 0. The zero-order valence-corrected chi connectivity index (χ0v) is 16.7. The van der Waals surface area contributed by atoms with Crippen LogP contribution in [0.2, 0.25) is 0 Å². The Morgan fingerprint density at radius 1 is 0.667 bits per heavy atom. The molecule has 0 saturated heterocycles. The first-order valence-corrected chi connectivity index (χ1v) is 10.3. The molecule has 30 heavy (non-hydrogen) atoms. The molecule has 0 N–H and O–H groups in total. The minimum absolute atomic E-state index is 0.708. The van der Waals surface area contributed by atoms with E-state index in [2.05, 4.69) is 88.9 Å². The summed E-state index contributed by atoms with van der Waals surface area (Å²) in [6.07, 6.45) is 0.922. The van der Waals surface area contributed by atoms with E-state index in [1.165, 1.54) is 32.7 Å². The number of rotatable bonds is 3. The highest BCUT2D eigenvalue weighted by molar-refractivity contribution is 6.12. The number of aldehydes is 1. The van der Waals surface area contributed by atoms with E-state index in [1.807, 2.05) is 12.1 Å². The van der Waals surface area contributed by atoms with E-state index in [1.54, 1.807) is 0 Å². The second kappa shape index (κ2) is 6.33. The molecule has 0 aliphatic carbocycles. The van der Waals surface area contributed by atoms with Crippen LogP contribution in [0.1, 0.15) is 17.3 Å². The Morgan fingerprint density at radius 2 is 1.27 bits per heavy atom. The van der Waals surface area contributed by atoms with Crippen molar-refractivity contribution in [3.8, 4) is 5.69 Å². The zero-order chi connectivity index (χ0) is 20.2. The number of hydrogen-bond donors (Lipinski definition) is 0. The van der Waals surface area contributed by atoms with E-state index in [9.17, 15) is 4.79 Å². The normalized spacial score (nSPS) is 11.8. The molecule has 0 amide bonds. The maximum atomic E-state index is 11.4. The lowest BCUT2D eigenvalue weighted by Gasteiger charge is -2.09. The van der Waals surface area contributed by atoms with Crippen molar-refractivity contribution in [2.24, 2.45) is 0 Å². The molecule has 0 atom stereocenters. The molecule has 4 aromatic carbocycles. The fourth-order valence-corrected chi connectivity index (χ4v) is 4.86. The SMILES string of the molecule is CCn1c2ccc(C=O)cc2c2cc(-n3c4ccccc4c4ccccc43)ccc21. The molecule has 6 aromatic rings. The number of para-hydroxylation sites is 2. The van der Waals surface area contributed by atoms with Gasteiger partial charge in [0.25, 0.3) is 0 Å². The maximum Gasteiger partial charge on any atom is 0.150 e. The van der Waals surface area contributed by atoms with Crippen LogP contribution in [-0.4, -0.2) is 15.4 Å². The average molecular weight is 388 g/mol. The van der Waals surface area contributed by atoms with Gasteiger partial charge in [0.15, 0.2) is 0 Å². The van der Waals surface area contributed by atoms with Gasteiger partial charge in [0.2, 0.25) is 0 Å². The van der Waals surface area contributed by atoms with E-state index in [0.29, 0.717) is 5.56 Å². The Bertz CT molecular complexity index is 1550. The molecule has 6 rings (SSSR count). The van der Waals surface area contributed by atoms with Gasteiger partial charge < -0.3 is 9.13 Å². The minimum Gasteiger partial charge on any atom is -0.341 e. The molecule has 2 heterocycles. The lowest BCUT2D eigenvalue weighted by Crippen LogP contribution is -1.95. The average Bonchev–Trinajstić information content (AvgIpc) is 3.30. The Labute approximate surface area is 173 Å². The van der Waals surface area contributed by atoms with Gasteiger partial charge in [-0.2, -0.15) is 0 Å². The second-order valence-corrected chi connectivity index (χ2v) is 7.71. The van der Waals surface area contributed by atoms with Crippen molar-refractivity contribution in [2.75, 3.05) is 0 Å². The van der Waals surface area contributed by atoms with Gasteiger partial charge in [-0.15, -0.1) is 0 Å². The molecule has 0 aliphatic heterocycles. The van der Waals surface area contributed by atoms with Gasteiger partial charge in [0.1, 0.15) is 6.29 Å². The maximum absolute atomic E-state index is 11.4. The summed E-state index contributed by atoms with van der Waals surface area (Å²) in [4.78, 5) is 11.4. The molecule has 144 valence electrons. The lowest BCUT2D eigenvalue weighted by atomic mass is 10.1. The van der Waals surface area contributed by atoms with Gasteiger partial charge in [-0.25, -0.2) is 0 Å². The first kappa shape index (κ1) is 17.0. The number of fused-ring (bicyclic) bond motifs is 6. The van der Waals surface area contributed by atoms with Crippen LogP contribution in [0.15, 0.2) is 84.9 Å². The zero-order valence-electron chi connectivity index (χ0n) is 16.7. The molecule has 3 nitrogen and oxygen atoms in total. The van der Waals surface area contributed by atoms with Crippen LogP contribution in [0, 0.1) is 0 Å². The van der Waals surface area contributed by atoms with Gasteiger partial charge in [0, 0.05) is 50.4 Å². The third-order valence-corrected chi connectivity index (χ3v) is 6.16. The summed E-state index contributed by atoms with van der Waals surface area (Å²) in [6, 6.07) is 29.7. The Hall–Kier alpha value is -3.85. The number of carbonyl (C=O) groups is 1. The van der Waals surface area contributed by atoms with Gasteiger partial charge in [0.05, 0.1) is 11.0 Å². The van der Waals surface area contributed by atoms with Crippen LogP contribution in [0.3, 0.4) is 0 Å². The number of nitrogens with zero attached hydrogens (tertiary/aromatic N) is 2. The molecule has 0 unspecified atom stereocenters. The third-order valence-electron chi connectivity index (χ3n) is 6.16. The van der Waals surface area contributed by atoms with Crippen molar-refractivity contribution in [3.63, 3.8) is 0 Å². The highest BCUT2D eigenvalue weighted by Crippen LogP contribution is 2.35. The Morgan fingerprint density at radius 3 is 1.90 bits per heavy atom. The Kier molecular flexibility index (Phi) is 3.59. The highest BCUT2D eigenvalue weighted by Gasteiger charge is 2.15. The summed E-state index contributed by atoms with van der Waals surface area (Å²) in [6.45, 7) is 3.04. The summed E-state index contributed by atoms with van der Waals surface area (Å²) in [7, 11) is 0. The van der Waals surface area contributed by atoms with Crippen molar-refractivity contribution in [2.45, 2.75) is 13.5 Å². The number of benzene rings is 4. The number of aryl methyl sites for hydroxylation is 1. The third kappa shape index (κ3) is 2.23. The predicted octanol–water partition coefficient (Wildman–Crippen LogP) is 6.72. The van der Waals surface area contributed by atoms with E-state index in [4.69, 9.17) is 0 Å². The molecule has 0 spiro atoms. The van der Waals surface area contributed by atoms with E-state index in [-0.39, 0.29) is 0 Å². The fourth-order valence-electron chi connectivity index (χ4n) is 4.86. The molecule has 0 fully saturated rings. The van der Waals surface area contributed by atoms with Crippen molar-refractivity contribution in [1.29, 1.82) is 0 Å². The van der Waals surface area contributed by atoms with Crippen LogP contribution in [0.4, 0.5) is 0 Å². The molecule has 3 heteroatoms. The van der Waals surface area contributed by atoms with Crippen molar-refractivity contribution in [1.82, 2.24) is 9.13 Å². The molecule has 2 aromatic heterocycles. The standard InChI is InChI=1S/C27H20N2O/c1-2-28-24-13-11-18(17-30)15-22(24)23-16-19(12-14-25(23)28)29-26-9-5-3-7-20(26)21-8-4-6-10-27(21)29/h3-17H,2H2,1H3. The summed E-state index contributed by atoms with van der Waals surface area (Å²) < 4.78 is 4.65. The molecular weight excluding hydrogens is 368 g/mol. The first-order chi connectivity index (χ1) is 14.8. The predicted molar refractivity (Wildman–Crippen MR) is 125 cm³/mol. The molecule has 0 bridgehead atoms. The van der Waals surface area contributed by atoms with E-state index < -0.39 is 0 Å². The van der Waals surface area contributed by atoms with Gasteiger partial charge in [-0.3, -0.25) is 4.79 Å². The molecular formula is C27H20N2O. The molecule has 0 radical (unpaired) electrons. The highest BCUT2D eigenvalue weighted by atomic mass is 16.1. The van der Waals surface area contributed by atoms with Crippen LogP contribution >= 0.6 is 0 Å². The van der Waals surface area contributed by atoms with Crippen LogP contribution in [-0.2, 0) is 6.54 Å². The smallest absolute Gasteiger partial charge is 0.150 e. The van der Waals surface area contributed by atoms with Crippen LogP contribution < -0.4 is 0 Å². The molecule has 0 saturated carbocycles. The monoisotopic (exact) mass is 388 g/mol. The van der Waals surface area contributed by atoms with E-state index in [0.717, 1.165) is 29.4 Å². The number of carbonyl (C=O) groups excluding carboxylic acids is 1. The topological polar surface area (TPSA) is 26.9 Å². The van der Waals surface area contributed by atoms with Gasteiger partial charge in [-0.05, 0) is 55.5 Å². The minimum atomic E-state index is 0.708. The molecule has 0 aliphatic rings. The van der Waals surface area contributed by atoms with Crippen LogP contribution in [0.5, 0.6) is 0 Å². The number of hydrogen-bond acceptors (Lipinski definition) is 1. The van der Waals surface area contributed by atoms with Crippen LogP contribution in [0.25, 0.3) is 49.3 Å². The lowest BCUT2D eigenvalue weighted by molar-refractivity contribution is 0.112. The summed E-state index contributed by atoms with van der Waals surface area (Å²) in [5.41, 5.74) is 6.60. The fraction of sp³-hybridized carbons (Fsp3) is 0.0741. The number of aromatic nitrogens is 2. The Balaban J connectivity index is 1.74. The van der Waals surface area contributed by atoms with Gasteiger partial charge in [-0.1, -0.05) is 36.4 Å². The first-order valence-electron chi connectivity index (χ1n) is 10.3. The quantitative estimate of drug-likeness (QED) is 0.309. The van der Waals surface area contributed by atoms with Crippen molar-refractivity contribution < 1.29 is 4.79 Å². The van der Waals surface area contributed by atoms with Crippen molar-refractivity contribution in [3.05, 3.63) is 90.5 Å². The second-order valence-electron chi connectivity index (χ2n) is 7.71. The van der Waals surface area contributed by atoms with Gasteiger partial charge >= 0.3 is 0 Å².